The molecule has 0 heterocycles. The van der Waals surface area contributed by atoms with E-state index >= 15 is 0 Å². The molecule has 0 spiro atoms. The average molecular weight is 220 g/mol. The van der Waals surface area contributed by atoms with Gasteiger partial charge in [-0.2, -0.15) is 0 Å². The quantitative estimate of drug-likeness (QED) is 0.366. The minimum Gasteiger partial charge on any atom is -0.381 e. The number of halogens is 1. The molecule has 0 aromatic heterocycles. The van der Waals surface area contributed by atoms with Crippen molar-refractivity contribution in [1.29, 1.82) is 0 Å². The monoisotopic (exact) mass is 219 g/mol. The van der Waals surface area contributed by atoms with Crippen molar-refractivity contribution >= 4 is 11.6 Å². The van der Waals surface area contributed by atoms with E-state index in [2.05, 4.69) is 19.2 Å². The largest absolute Gasteiger partial charge is 0.381 e. The minimum atomic E-state index is 0.596. The Kier molecular flexibility index (Phi) is 11.0. The van der Waals surface area contributed by atoms with E-state index in [4.69, 9.17) is 16.3 Å². The first-order valence-corrected chi connectivity index (χ1v) is 5.80. The van der Waals surface area contributed by atoms with Crippen molar-refractivity contribution in [2.24, 2.45) is 5.92 Å². The molecule has 0 aliphatic heterocycles. The van der Waals surface area contributed by atoms with Gasteiger partial charge in [0.1, 0.15) is 0 Å². The van der Waals surface area contributed by atoms with E-state index in [-0.39, 0.29) is 0 Å². The fraction of sp³-hybridized carbons (Fsp3) is 0.818. The molecule has 1 N–H and O–H groups in total. The molecule has 2 nitrogen and oxygen atoms in total. The van der Waals surface area contributed by atoms with Crippen LogP contribution in [0.15, 0.2) is 12.2 Å². The van der Waals surface area contributed by atoms with Gasteiger partial charge in [-0.25, -0.2) is 0 Å². The van der Waals surface area contributed by atoms with Crippen LogP contribution in [-0.2, 0) is 4.74 Å². The Morgan fingerprint density at radius 2 is 2.14 bits per heavy atom. The zero-order valence-electron chi connectivity index (χ0n) is 9.26. The minimum absolute atomic E-state index is 0.596. The van der Waals surface area contributed by atoms with Gasteiger partial charge in [-0.15, -0.1) is 11.6 Å². The molecular weight excluding hydrogens is 198 g/mol. The van der Waals surface area contributed by atoms with Gasteiger partial charge in [0.2, 0.25) is 0 Å². The molecule has 0 aromatic carbocycles. The molecule has 0 amide bonds. The van der Waals surface area contributed by atoms with Gasteiger partial charge in [-0.1, -0.05) is 26.0 Å². The molecule has 84 valence electrons. The molecule has 3 heteroatoms. The molecule has 0 saturated carbocycles. The van der Waals surface area contributed by atoms with E-state index in [1.54, 1.807) is 0 Å². The Labute approximate surface area is 92.7 Å². The first kappa shape index (κ1) is 13.9. The molecule has 14 heavy (non-hydrogen) atoms. The average Bonchev–Trinajstić information content (AvgIpc) is 2.15. The van der Waals surface area contributed by atoms with E-state index in [0.717, 1.165) is 32.7 Å². The van der Waals surface area contributed by atoms with Crippen LogP contribution in [0.1, 0.15) is 20.3 Å². The zero-order chi connectivity index (χ0) is 10.6. The third-order valence-corrected chi connectivity index (χ3v) is 1.79. The molecule has 0 fully saturated rings. The molecule has 0 unspecified atom stereocenters. The Morgan fingerprint density at radius 1 is 1.36 bits per heavy atom. The van der Waals surface area contributed by atoms with Crippen molar-refractivity contribution in [3.63, 3.8) is 0 Å². The van der Waals surface area contributed by atoms with Crippen molar-refractivity contribution in [3.8, 4) is 0 Å². The summed E-state index contributed by atoms with van der Waals surface area (Å²) in [4.78, 5) is 0. The van der Waals surface area contributed by atoms with Gasteiger partial charge in [-0.05, 0) is 18.9 Å². The second-order valence-electron chi connectivity index (χ2n) is 3.65. The number of ether oxygens (including phenoxy) is 1. The second kappa shape index (κ2) is 11.0. The number of allylic oxidation sites excluding steroid dienone is 1. The molecule has 0 aromatic rings. The van der Waals surface area contributed by atoms with Crippen LogP contribution in [0.4, 0.5) is 0 Å². The molecular formula is C11H22ClNO. The summed E-state index contributed by atoms with van der Waals surface area (Å²) in [5.41, 5.74) is 0. The lowest BCUT2D eigenvalue weighted by molar-refractivity contribution is 0.108. The van der Waals surface area contributed by atoms with Crippen LogP contribution in [0.2, 0.25) is 0 Å². The number of alkyl halides is 1. The van der Waals surface area contributed by atoms with Crippen LogP contribution in [0, 0.1) is 5.92 Å². The summed E-state index contributed by atoms with van der Waals surface area (Å²) in [6.45, 7) is 7.95. The van der Waals surface area contributed by atoms with Gasteiger partial charge in [0.25, 0.3) is 0 Å². The lowest BCUT2D eigenvalue weighted by atomic mass is 10.2. The summed E-state index contributed by atoms with van der Waals surface area (Å²) in [5.74, 6) is 1.23. The van der Waals surface area contributed by atoms with Crippen LogP contribution in [0.5, 0.6) is 0 Å². The van der Waals surface area contributed by atoms with E-state index in [0.29, 0.717) is 11.8 Å². The first-order chi connectivity index (χ1) is 6.77. The lowest BCUT2D eigenvalue weighted by Gasteiger charge is -2.06. The van der Waals surface area contributed by atoms with Crippen LogP contribution < -0.4 is 5.32 Å². The maximum Gasteiger partial charge on any atom is 0.0489 e. The van der Waals surface area contributed by atoms with Crippen molar-refractivity contribution in [3.05, 3.63) is 12.2 Å². The van der Waals surface area contributed by atoms with Gasteiger partial charge in [0.15, 0.2) is 0 Å². The number of hydrogen-bond acceptors (Lipinski definition) is 2. The fourth-order valence-electron chi connectivity index (χ4n) is 0.950. The van der Waals surface area contributed by atoms with Crippen LogP contribution in [0.3, 0.4) is 0 Å². The highest BCUT2D eigenvalue weighted by Gasteiger charge is 1.92. The summed E-state index contributed by atoms with van der Waals surface area (Å²) in [7, 11) is 0. The first-order valence-electron chi connectivity index (χ1n) is 5.26. The Morgan fingerprint density at radius 3 is 2.79 bits per heavy atom. The van der Waals surface area contributed by atoms with E-state index < -0.39 is 0 Å². The van der Waals surface area contributed by atoms with Crippen molar-refractivity contribution in [2.45, 2.75) is 20.3 Å². The third-order valence-electron chi connectivity index (χ3n) is 1.61. The Balaban J connectivity index is 2.95. The van der Waals surface area contributed by atoms with Crippen LogP contribution >= 0.6 is 11.6 Å². The second-order valence-corrected chi connectivity index (χ2v) is 3.96. The Bertz CT molecular complexity index is 137. The molecule has 0 rings (SSSR count). The maximum absolute atomic E-state index is 5.48. The van der Waals surface area contributed by atoms with Gasteiger partial charge in [0.05, 0.1) is 0 Å². The highest BCUT2D eigenvalue weighted by atomic mass is 35.5. The highest BCUT2D eigenvalue weighted by molar-refractivity contribution is 6.18. The molecule has 0 bridgehead atoms. The number of hydrogen-bond donors (Lipinski definition) is 1. The van der Waals surface area contributed by atoms with Gasteiger partial charge in [0, 0.05) is 25.6 Å². The van der Waals surface area contributed by atoms with Gasteiger partial charge in [-0.3, -0.25) is 0 Å². The fourth-order valence-corrected chi connectivity index (χ4v) is 1.08. The molecule has 0 radical (unpaired) electrons. The predicted molar refractivity (Wildman–Crippen MR) is 63.0 cm³/mol. The standard InChI is InChI=1S/C11H22ClNO/c1-11(2)10-14-9-5-8-13-7-4-3-6-12/h3-4,11,13H,5-10H2,1-2H3/b4-3+. The summed E-state index contributed by atoms with van der Waals surface area (Å²) in [5, 5.41) is 3.28. The third kappa shape index (κ3) is 11.9. The summed E-state index contributed by atoms with van der Waals surface area (Å²) in [6, 6.07) is 0. The summed E-state index contributed by atoms with van der Waals surface area (Å²) in [6.07, 6.45) is 5.06. The van der Waals surface area contributed by atoms with Crippen molar-refractivity contribution < 1.29 is 4.74 Å². The zero-order valence-corrected chi connectivity index (χ0v) is 10.0. The predicted octanol–water partition coefficient (Wildman–Crippen LogP) is 2.43. The smallest absolute Gasteiger partial charge is 0.0489 e. The molecule has 0 atom stereocenters. The van der Waals surface area contributed by atoms with E-state index in [9.17, 15) is 0 Å². The maximum atomic E-state index is 5.48. The van der Waals surface area contributed by atoms with Crippen molar-refractivity contribution in [1.82, 2.24) is 5.32 Å². The topological polar surface area (TPSA) is 21.3 Å². The highest BCUT2D eigenvalue weighted by Crippen LogP contribution is 1.92. The summed E-state index contributed by atoms with van der Waals surface area (Å²) >= 11 is 5.48. The summed E-state index contributed by atoms with van der Waals surface area (Å²) < 4.78 is 5.44. The van der Waals surface area contributed by atoms with E-state index in [1.165, 1.54) is 0 Å². The SMILES string of the molecule is CC(C)COCCCNC/C=C/CCl. The Hall–Kier alpha value is -0.0500. The molecule has 0 aliphatic carbocycles. The molecule has 0 saturated heterocycles. The van der Waals surface area contributed by atoms with Gasteiger partial charge >= 0.3 is 0 Å². The normalized spacial score (nSPS) is 11.7. The van der Waals surface area contributed by atoms with Gasteiger partial charge < -0.3 is 10.1 Å². The van der Waals surface area contributed by atoms with Crippen LogP contribution in [-0.4, -0.2) is 32.2 Å². The van der Waals surface area contributed by atoms with Crippen LogP contribution in [0.25, 0.3) is 0 Å². The number of nitrogens with one attached hydrogen (secondary N) is 1. The molecule has 0 aliphatic rings. The van der Waals surface area contributed by atoms with Crippen molar-refractivity contribution in [2.75, 3.05) is 32.2 Å². The number of rotatable bonds is 9. The lowest BCUT2D eigenvalue weighted by Crippen LogP contribution is -2.17. The van der Waals surface area contributed by atoms with E-state index in [1.807, 2.05) is 12.2 Å².